The monoisotopic (exact) mass is 589 g/mol. The van der Waals surface area contributed by atoms with Gasteiger partial charge in [0.05, 0.1) is 26.6 Å². The highest BCUT2D eigenvalue weighted by Gasteiger charge is 2.51. The maximum Gasteiger partial charge on any atom is 0.305 e. The van der Waals surface area contributed by atoms with Crippen molar-refractivity contribution in [3.05, 3.63) is 0 Å². The van der Waals surface area contributed by atoms with Crippen LogP contribution in [0.2, 0.25) is 0 Å². The molecule has 2 saturated heterocycles. The molecule has 7 N–H and O–H groups in total. The fraction of sp³-hybridized carbons (Fsp3) is 0.957. The second-order valence-electron chi connectivity index (χ2n) is 9.75. The Morgan fingerprint density at radius 3 is 1.97 bits per heavy atom. The quantitative estimate of drug-likeness (QED) is 0.0707. The maximum absolute atomic E-state index is 12.1. The van der Waals surface area contributed by atoms with Crippen LogP contribution in [-0.4, -0.2) is 140 Å². The van der Waals surface area contributed by atoms with E-state index in [1.807, 2.05) is 0 Å². The minimum absolute atomic E-state index is 0.149. The summed E-state index contributed by atoms with van der Waals surface area (Å²) < 4.78 is 53.6. The molecule has 0 aromatic carbocycles. The Hall–Kier alpha value is -1.02. The number of unbranched alkanes of at least 4 members (excludes halogenated alkanes) is 5. The lowest BCUT2D eigenvalue weighted by atomic mass is 9.96. The smallest absolute Gasteiger partial charge is 0.305 e. The molecule has 2 fully saturated rings. The molecule has 0 aliphatic carbocycles. The van der Waals surface area contributed by atoms with E-state index in [2.05, 4.69) is 9.46 Å². The standard InChI is InChI=1S/C23H43NO14S/c1-34-15(27)9-7-5-3-4-6-8-10-35-22-16(24-39(2,32)33)21(18(29)14(12-26)36-22)38-23-20(31)19(30)17(28)13(11-25)37-23/h13-14,16-26,28-31H,3-12H2,1-2H3/t13?,14?,16?,17-,18+,19?,20?,21?,22-,23?/m1/s1. The number of sulfonamides is 1. The Morgan fingerprint density at radius 2 is 1.38 bits per heavy atom. The van der Waals surface area contributed by atoms with Crippen molar-refractivity contribution >= 4 is 16.0 Å². The third-order valence-electron chi connectivity index (χ3n) is 6.63. The summed E-state index contributed by atoms with van der Waals surface area (Å²) in [4.78, 5) is 11.1. The van der Waals surface area contributed by atoms with Crippen LogP contribution in [0.25, 0.3) is 0 Å². The Morgan fingerprint density at radius 1 is 0.821 bits per heavy atom. The van der Waals surface area contributed by atoms with E-state index in [9.17, 15) is 43.9 Å². The molecule has 0 spiro atoms. The average molecular weight is 590 g/mol. The van der Waals surface area contributed by atoms with Gasteiger partial charge < -0.3 is 54.3 Å². The van der Waals surface area contributed by atoms with Gasteiger partial charge in [0.1, 0.15) is 48.8 Å². The van der Waals surface area contributed by atoms with Crippen LogP contribution in [0.3, 0.4) is 0 Å². The van der Waals surface area contributed by atoms with Gasteiger partial charge in [0.2, 0.25) is 10.0 Å². The van der Waals surface area contributed by atoms with Crippen molar-refractivity contribution in [2.45, 2.75) is 106 Å². The number of carbonyl (C=O) groups is 1. The Kier molecular flexibility index (Phi) is 14.4. The molecule has 0 amide bonds. The fourth-order valence-electron chi connectivity index (χ4n) is 4.46. The van der Waals surface area contributed by atoms with Crippen molar-refractivity contribution in [3.63, 3.8) is 0 Å². The zero-order valence-corrected chi connectivity index (χ0v) is 23.0. The first-order chi connectivity index (χ1) is 18.4. The van der Waals surface area contributed by atoms with E-state index in [4.69, 9.17) is 18.9 Å². The highest BCUT2D eigenvalue weighted by Crippen LogP contribution is 2.30. The predicted molar refractivity (Wildman–Crippen MR) is 132 cm³/mol. The van der Waals surface area contributed by atoms with Crippen LogP contribution >= 0.6 is 0 Å². The summed E-state index contributed by atoms with van der Waals surface area (Å²) in [5.41, 5.74) is 0. The van der Waals surface area contributed by atoms with Crippen molar-refractivity contribution in [2.75, 3.05) is 33.2 Å². The fourth-order valence-corrected chi connectivity index (χ4v) is 5.20. The lowest BCUT2D eigenvalue weighted by molar-refractivity contribution is -0.344. The van der Waals surface area contributed by atoms with Crippen LogP contribution in [0.5, 0.6) is 0 Å². The van der Waals surface area contributed by atoms with Crippen LogP contribution in [0.15, 0.2) is 0 Å². The number of hydrogen-bond acceptors (Lipinski definition) is 14. The van der Waals surface area contributed by atoms with Crippen molar-refractivity contribution in [2.24, 2.45) is 0 Å². The van der Waals surface area contributed by atoms with Crippen molar-refractivity contribution in [3.8, 4) is 0 Å². The first-order valence-corrected chi connectivity index (χ1v) is 14.9. The van der Waals surface area contributed by atoms with Gasteiger partial charge in [-0.2, -0.15) is 0 Å². The van der Waals surface area contributed by atoms with E-state index in [0.717, 1.165) is 38.4 Å². The molecule has 230 valence electrons. The van der Waals surface area contributed by atoms with Crippen molar-refractivity contribution in [1.82, 2.24) is 4.72 Å². The molecule has 15 nitrogen and oxygen atoms in total. The van der Waals surface area contributed by atoms with Crippen molar-refractivity contribution in [1.29, 1.82) is 0 Å². The molecule has 2 rings (SSSR count). The van der Waals surface area contributed by atoms with E-state index < -0.39 is 84.6 Å². The maximum atomic E-state index is 12.1. The number of esters is 1. The number of aliphatic hydroxyl groups is 6. The lowest BCUT2D eigenvalue weighted by Crippen LogP contribution is -2.68. The van der Waals surface area contributed by atoms with E-state index in [1.165, 1.54) is 7.11 Å². The molecule has 0 aromatic heterocycles. The zero-order valence-electron chi connectivity index (χ0n) is 22.2. The molecule has 0 radical (unpaired) electrons. The molecule has 39 heavy (non-hydrogen) atoms. The number of rotatable bonds is 16. The second kappa shape index (κ2) is 16.4. The van der Waals surface area contributed by atoms with Gasteiger partial charge in [-0.3, -0.25) is 4.79 Å². The van der Waals surface area contributed by atoms with Crippen molar-refractivity contribution < 1.29 is 67.5 Å². The van der Waals surface area contributed by atoms with Gasteiger partial charge in [-0.15, -0.1) is 0 Å². The summed E-state index contributed by atoms with van der Waals surface area (Å²) in [6, 6.07) is -1.36. The number of carbonyl (C=O) groups excluding carboxylic acids is 1. The predicted octanol–water partition coefficient (Wildman–Crippen LogP) is -2.91. The van der Waals surface area contributed by atoms with Gasteiger partial charge in [0, 0.05) is 13.0 Å². The largest absolute Gasteiger partial charge is 0.469 e. The highest BCUT2D eigenvalue weighted by atomic mass is 32.2. The molecule has 0 saturated carbocycles. The minimum atomic E-state index is -3.91. The van der Waals surface area contributed by atoms with Gasteiger partial charge in [0.15, 0.2) is 12.6 Å². The Balaban J connectivity index is 2.03. The molecule has 10 atom stereocenters. The number of aliphatic hydroxyl groups excluding tert-OH is 6. The number of hydrogen-bond donors (Lipinski definition) is 7. The van der Waals surface area contributed by atoms with Crippen LogP contribution in [0, 0.1) is 0 Å². The molecule has 2 aliphatic rings. The van der Waals surface area contributed by atoms with Gasteiger partial charge in [0.25, 0.3) is 0 Å². The Labute approximate surface area is 228 Å². The first-order valence-electron chi connectivity index (χ1n) is 13.0. The highest BCUT2D eigenvalue weighted by molar-refractivity contribution is 7.88. The molecule has 0 aromatic rings. The number of nitrogens with one attached hydrogen (secondary N) is 1. The molecule has 0 bridgehead atoms. The second-order valence-corrected chi connectivity index (χ2v) is 11.5. The minimum Gasteiger partial charge on any atom is -0.469 e. The van der Waals surface area contributed by atoms with Crippen LogP contribution < -0.4 is 4.72 Å². The summed E-state index contributed by atoms with van der Waals surface area (Å²) in [6.45, 7) is -1.25. The average Bonchev–Trinajstić information content (AvgIpc) is 2.89. The summed E-state index contributed by atoms with van der Waals surface area (Å²) in [5.74, 6) is -0.242. The van der Waals surface area contributed by atoms with Crippen LogP contribution in [-0.2, 0) is 38.5 Å². The van der Waals surface area contributed by atoms with Gasteiger partial charge in [-0.25, -0.2) is 13.1 Å². The third-order valence-corrected chi connectivity index (χ3v) is 7.33. The summed E-state index contributed by atoms with van der Waals surface area (Å²) >= 11 is 0. The van der Waals surface area contributed by atoms with Gasteiger partial charge >= 0.3 is 5.97 Å². The van der Waals surface area contributed by atoms with E-state index in [1.54, 1.807) is 0 Å². The zero-order chi connectivity index (χ0) is 29.2. The number of ether oxygens (including phenoxy) is 5. The first kappa shape index (κ1) is 34.2. The summed E-state index contributed by atoms with van der Waals surface area (Å²) in [5, 5.41) is 60.4. The molecular formula is C23H43NO14S. The van der Waals surface area contributed by atoms with Gasteiger partial charge in [-0.05, 0) is 12.8 Å². The summed E-state index contributed by atoms with van der Waals surface area (Å²) in [7, 11) is -2.56. The lowest BCUT2D eigenvalue weighted by Gasteiger charge is -2.47. The van der Waals surface area contributed by atoms with E-state index >= 15 is 0 Å². The van der Waals surface area contributed by atoms with E-state index in [-0.39, 0.29) is 12.6 Å². The molecule has 2 heterocycles. The molecule has 7 unspecified atom stereocenters. The molecule has 2 aliphatic heterocycles. The SMILES string of the molecule is COC(=O)CCCCCCCCO[C@@H]1OC(CO)[C@H](O)C(OC2OC(CO)[C@@H](O)C(O)C2O)C1NS(C)(=O)=O. The third kappa shape index (κ3) is 10.4. The molecular weight excluding hydrogens is 546 g/mol. The summed E-state index contributed by atoms with van der Waals surface area (Å²) in [6.07, 6.45) is -7.87. The number of methoxy groups -OCH3 is 1. The van der Waals surface area contributed by atoms with E-state index in [0.29, 0.717) is 12.8 Å². The molecule has 16 heteroatoms. The Bertz CT molecular complexity index is 830. The van der Waals surface area contributed by atoms with Crippen LogP contribution in [0.4, 0.5) is 0 Å². The topological polar surface area (TPSA) is 231 Å². The van der Waals surface area contributed by atoms with Crippen LogP contribution in [0.1, 0.15) is 44.9 Å². The van der Waals surface area contributed by atoms with Gasteiger partial charge in [-0.1, -0.05) is 25.7 Å². The normalized spacial score (nSPS) is 35.6.